The van der Waals surface area contributed by atoms with Crippen LogP contribution in [-0.2, 0) is 6.42 Å². The lowest BCUT2D eigenvalue weighted by Crippen LogP contribution is -2.29. The molecule has 0 aromatic heterocycles. The maximum atomic E-state index is 13.7. The summed E-state index contributed by atoms with van der Waals surface area (Å²) >= 11 is 3.52. The first-order valence-electron chi connectivity index (χ1n) is 6.46. The highest BCUT2D eigenvalue weighted by atomic mass is 79.9. The van der Waals surface area contributed by atoms with Gasteiger partial charge in [0.05, 0.1) is 0 Å². The van der Waals surface area contributed by atoms with Gasteiger partial charge in [-0.25, -0.2) is 4.39 Å². The smallest absolute Gasteiger partial charge is 0.126 e. The maximum Gasteiger partial charge on any atom is 0.126 e. The van der Waals surface area contributed by atoms with Gasteiger partial charge < -0.3 is 10.4 Å². The Morgan fingerprint density at radius 1 is 1.44 bits per heavy atom. The van der Waals surface area contributed by atoms with Crippen LogP contribution in [0.3, 0.4) is 0 Å². The molecule has 1 atom stereocenters. The molecule has 98 valence electrons. The van der Waals surface area contributed by atoms with Gasteiger partial charge in [0.1, 0.15) is 5.82 Å². The molecule has 1 unspecified atom stereocenters. The second-order valence-electron chi connectivity index (χ2n) is 5.55. The van der Waals surface area contributed by atoms with E-state index in [2.05, 4.69) is 21.2 Å². The Labute approximate surface area is 115 Å². The van der Waals surface area contributed by atoms with Crippen LogP contribution in [0.4, 0.5) is 4.39 Å². The van der Waals surface area contributed by atoms with Gasteiger partial charge in [0.2, 0.25) is 0 Å². The van der Waals surface area contributed by atoms with Crippen LogP contribution in [0.15, 0.2) is 16.6 Å². The molecule has 0 radical (unpaired) electrons. The first-order valence-corrected chi connectivity index (χ1v) is 7.25. The molecular formula is C14H17BrFNO. The summed E-state index contributed by atoms with van der Waals surface area (Å²) in [5.41, 5.74) is 2.02. The molecule has 0 bridgehead atoms. The summed E-state index contributed by atoms with van der Waals surface area (Å²) in [6, 6.07) is 3.53. The molecule has 0 aliphatic heterocycles. The molecular weight excluding hydrogens is 297 g/mol. The van der Waals surface area contributed by atoms with Crippen molar-refractivity contribution in [3.8, 4) is 0 Å². The Morgan fingerprint density at radius 3 is 2.89 bits per heavy atom. The third-order valence-corrected chi connectivity index (χ3v) is 4.99. The van der Waals surface area contributed by atoms with Gasteiger partial charge in [0.25, 0.3) is 0 Å². The zero-order valence-corrected chi connectivity index (χ0v) is 11.8. The minimum absolute atomic E-state index is 0.0965. The fourth-order valence-electron chi connectivity index (χ4n) is 2.78. The molecule has 0 spiro atoms. The topological polar surface area (TPSA) is 32.3 Å². The first-order chi connectivity index (χ1) is 8.65. The average molecular weight is 314 g/mol. The van der Waals surface area contributed by atoms with E-state index >= 15 is 0 Å². The van der Waals surface area contributed by atoms with Crippen LogP contribution in [0.25, 0.3) is 0 Å². The third-order valence-electron chi connectivity index (χ3n) is 4.29. The number of fused-ring (bicyclic) bond motifs is 1. The summed E-state index contributed by atoms with van der Waals surface area (Å²) < 4.78 is 14.7. The number of benzene rings is 1. The Balaban J connectivity index is 1.76. The van der Waals surface area contributed by atoms with E-state index in [0.717, 1.165) is 47.8 Å². The number of aliphatic hydroxyl groups is 1. The number of hydrogen-bond acceptors (Lipinski definition) is 2. The van der Waals surface area contributed by atoms with Crippen molar-refractivity contribution in [2.75, 3.05) is 13.2 Å². The molecule has 0 saturated heterocycles. The highest BCUT2D eigenvalue weighted by Crippen LogP contribution is 2.45. The molecule has 1 aromatic carbocycles. The molecule has 1 fully saturated rings. The molecule has 0 heterocycles. The van der Waals surface area contributed by atoms with Gasteiger partial charge >= 0.3 is 0 Å². The van der Waals surface area contributed by atoms with E-state index in [4.69, 9.17) is 0 Å². The summed E-state index contributed by atoms with van der Waals surface area (Å²) in [6.07, 6.45) is 3.93. The van der Waals surface area contributed by atoms with Crippen molar-refractivity contribution in [2.24, 2.45) is 5.41 Å². The zero-order chi connectivity index (χ0) is 12.8. The molecule has 2 aliphatic carbocycles. The standard InChI is InChI=1S/C14H17BrFNO/c15-10-2-3-11(16)9-1-4-12(13(9)10)17-7-14(8-18)5-6-14/h2-3,12,17-18H,1,4-8H2. The maximum absolute atomic E-state index is 13.7. The Hall–Kier alpha value is -0.450. The summed E-state index contributed by atoms with van der Waals surface area (Å²) in [4.78, 5) is 0. The van der Waals surface area contributed by atoms with Crippen LogP contribution in [0, 0.1) is 11.2 Å². The van der Waals surface area contributed by atoms with Gasteiger partial charge in [-0.2, -0.15) is 0 Å². The van der Waals surface area contributed by atoms with Crippen molar-refractivity contribution in [3.05, 3.63) is 33.5 Å². The van der Waals surface area contributed by atoms with E-state index in [1.54, 1.807) is 6.07 Å². The number of hydrogen-bond donors (Lipinski definition) is 2. The second-order valence-corrected chi connectivity index (χ2v) is 6.41. The molecule has 4 heteroatoms. The number of nitrogens with one attached hydrogen (secondary N) is 1. The summed E-state index contributed by atoms with van der Waals surface area (Å²) in [5, 5.41) is 12.8. The lowest BCUT2D eigenvalue weighted by Gasteiger charge is -2.19. The second kappa shape index (κ2) is 4.58. The van der Waals surface area contributed by atoms with Crippen molar-refractivity contribution < 1.29 is 9.50 Å². The van der Waals surface area contributed by atoms with E-state index in [0.29, 0.717) is 0 Å². The average Bonchev–Trinajstić information content (AvgIpc) is 3.03. The Kier molecular flexibility index (Phi) is 3.20. The van der Waals surface area contributed by atoms with E-state index in [1.165, 1.54) is 6.07 Å². The van der Waals surface area contributed by atoms with Crippen molar-refractivity contribution in [2.45, 2.75) is 31.7 Å². The lowest BCUT2D eigenvalue weighted by atomic mass is 10.1. The van der Waals surface area contributed by atoms with Gasteiger partial charge in [0, 0.05) is 29.1 Å². The predicted octanol–water partition coefficient (Wildman–Crippen LogP) is 2.94. The fourth-order valence-corrected chi connectivity index (χ4v) is 3.43. The highest BCUT2D eigenvalue weighted by Gasteiger charge is 2.42. The van der Waals surface area contributed by atoms with Crippen molar-refractivity contribution in [1.82, 2.24) is 5.32 Å². The molecule has 1 saturated carbocycles. The molecule has 2 N–H and O–H groups in total. The summed E-state index contributed by atoms with van der Waals surface area (Å²) in [6.45, 7) is 1.08. The van der Waals surface area contributed by atoms with E-state index in [1.807, 2.05) is 0 Å². The lowest BCUT2D eigenvalue weighted by molar-refractivity contribution is 0.203. The van der Waals surface area contributed by atoms with Gasteiger partial charge in [0.15, 0.2) is 0 Å². The molecule has 1 aromatic rings. The largest absolute Gasteiger partial charge is 0.396 e. The minimum Gasteiger partial charge on any atom is -0.396 e. The van der Waals surface area contributed by atoms with Gasteiger partial charge in [-0.05, 0) is 48.9 Å². The number of rotatable bonds is 4. The van der Waals surface area contributed by atoms with E-state index in [9.17, 15) is 9.50 Å². The van der Waals surface area contributed by atoms with Gasteiger partial charge in [-0.3, -0.25) is 0 Å². The Morgan fingerprint density at radius 2 is 2.22 bits per heavy atom. The van der Waals surface area contributed by atoms with E-state index < -0.39 is 0 Å². The fraction of sp³-hybridized carbons (Fsp3) is 0.571. The van der Waals surface area contributed by atoms with Crippen LogP contribution >= 0.6 is 15.9 Å². The van der Waals surface area contributed by atoms with E-state index in [-0.39, 0.29) is 23.9 Å². The monoisotopic (exact) mass is 313 g/mol. The first kappa shape index (κ1) is 12.6. The van der Waals surface area contributed by atoms with Crippen LogP contribution in [0.2, 0.25) is 0 Å². The number of aliphatic hydroxyl groups excluding tert-OH is 1. The van der Waals surface area contributed by atoms with Crippen molar-refractivity contribution in [1.29, 1.82) is 0 Å². The van der Waals surface area contributed by atoms with Crippen LogP contribution in [-0.4, -0.2) is 18.3 Å². The third kappa shape index (κ3) is 2.10. The van der Waals surface area contributed by atoms with Gasteiger partial charge in [-0.15, -0.1) is 0 Å². The van der Waals surface area contributed by atoms with Crippen molar-refractivity contribution >= 4 is 15.9 Å². The highest BCUT2D eigenvalue weighted by molar-refractivity contribution is 9.10. The summed E-state index contributed by atoms with van der Waals surface area (Å²) in [5.74, 6) is -0.0965. The zero-order valence-electron chi connectivity index (χ0n) is 10.2. The SMILES string of the molecule is OCC1(CNC2CCc3c(F)ccc(Br)c32)CC1. The van der Waals surface area contributed by atoms with Crippen LogP contribution in [0.5, 0.6) is 0 Å². The molecule has 0 amide bonds. The van der Waals surface area contributed by atoms with Gasteiger partial charge in [-0.1, -0.05) is 15.9 Å². The molecule has 3 rings (SSSR count). The molecule has 2 nitrogen and oxygen atoms in total. The van der Waals surface area contributed by atoms with Crippen LogP contribution < -0.4 is 5.32 Å². The number of halogens is 2. The molecule has 2 aliphatic rings. The summed E-state index contributed by atoms with van der Waals surface area (Å²) in [7, 11) is 0. The Bertz CT molecular complexity index is 473. The quantitative estimate of drug-likeness (QED) is 0.895. The minimum atomic E-state index is -0.0965. The molecule has 18 heavy (non-hydrogen) atoms. The normalized spacial score (nSPS) is 24.1. The van der Waals surface area contributed by atoms with Crippen molar-refractivity contribution in [3.63, 3.8) is 0 Å². The predicted molar refractivity (Wildman–Crippen MR) is 71.9 cm³/mol. The van der Waals surface area contributed by atoms with Crippen LogP contribution in [0.1, 0.15) is 36.4 Å².